The Bertz CT molecular complexity index is 453. The van der Waals surface area contributed by atoms with E-state index < -0.39 is 0 Å². The minimum Gasteiger partial charge on any atom is -0.497 e. The first kappa shape index (κ1) is 13.9. The van der Waals surface area contributed by atoms with E-state index in [1.54, 1.807) is 7.11 Å². The Balaban J connectivity index is 1.92. The van der Waals surface area contributed by atoms with Gasteiger partial charge in [0, 0.05) is 0 Å². The predicted molar refractivity (Wildman–Crippen MR) is 74.3 cm³/mol. The second-order valence-corrected chi connectivity index (χ2v) is 5.15. The fraction of sp³-hybridized carbons (Fsp3) is 0.562. The maximum Gasteiger partial charge on any atom is 0.308 e. The summed E-state index contributed by atoms with van der Waals surface area (Å²) in [5.41, 5.74) is 2.72. The number of methoxy groups -OCH3 is 2. The quantitative estimate of drug-likeness (QED) is 0.739. The molecule has 0 aliphatic heterocycles. The predicted octanol–water partition coefficient (Wildman–Crippen LogP) is 3.00. The SMILES string of the molecule is CCc1cc(OC)ccc1CCC1CC1C(=O)OC. The summed E-state index contributed by atoms with van der Waals surface area (Å²) < 4.78 is 10.0. The van der Waals surface area contributed by atoms with Gasteiger partial charge < -0.3 is 9.47 Å². The number of hydrogen-bond acceptors (Lipinski definition) is 3. The van der Waals surface area contributed by atoms with Crippen LogP contribution in [0.15, 0.2) is 18.2 Å². The molecule has 1 aliphatic carbocycles. The van der Waals surface area contributed by atoms with Crippen LogP contribution in [0.2, 0.25) is 0 Å². The lowest BCUT2D eigenvalue weighted by Crippen LogP contribution is -2.05. The van der Waals surface area contributed by atoms with Crippen molar-refractivity contribution in [3.63, 3.8) is 0 Å². The number of hydrogen-bond donors (Lipinski definition) is 0. The Hall–Kier alpha value is -1.51. The van der Waals surface area contributed by atoms with Gasteiger partial charge in [0.15, 0.2) is 0 Å². The average Bonchev–Trinajstić information content (AvgIpc) is 3.23. The number of rotatable bonds is 6. The summed E-state index contributed by atoms with van der Waals surface area (Å²) in [7, 11) is 3.16. The molecule has 1 aromatic rings. The zero-order chi connectivity index (χ0) is 13.8. The smallest absolute Gasteiger partial charge is 0.308 e. The van der Waals surface area contributed by atoms with E-state index >= 15 is 0 Å². The van der Waals surface area contributed by atoms with Crippen LogP contribution in [0.1, 0.15) is 30.9 Å². The highest BCUT2D eigenvalue weighted by atomic mass is 16.5. The van der Waals surface area contributed by atoms with Gasteiger partial charge in [-0.2, -0.15) is 0 Å². The van der Waals surface area contributed by atoms with Crippen molar-refractivity contribution in [2.24, 2.45) is 11.8 Å². The standard InChI is InChI=1S/C16H22O3/c1-4-11-9-14(18-2)8-7-12(11)5-6-13-10-15(13)16(17)19-3/h7-9,13,15H,4-6,10H2,1-3H3. The maximum atomic E-state index is 11.4. The van der Waals surface area contributed by atoms with E-state index in [0.29, 0.717) is 5.92 Å². The Morgan fingerprint density at radius 1 is 1.32 bits per heavy atom. The second kappa shape index (κ2) is 6.09. The summed E-state index contributed by atoms with van der Waals surface area (Å²) in [5.74, 6) is 1.53. The molecule has 0 bridgehead atoms. The molecule has 0 amide bonds. The topological polar surface area (TPSA) is 35.5 Å². The van der Waals surface area contributed by atoms with Crippen LogP contribution in [-0.2, 0) is 22.4 Å². The molecule has 19 heavy (non-hydrogen) atoms. The molecule has 2 atom stereocenters. The third-order valence-electron chi connectivity index (χ3n) is 4.01. The fourth-order valence-corrected chi connectivity index (χ4v) is 2.65. The molecule has 0 heterocycles. The lowest BCUT2D eigenvalue weighted by molar-refractivity contribution is -0.142. The van der Waals surface area contributed by atoms with Crippen LogP contribution in [0.3, 0.4) is 0 Å². The van der Waals surface area contributed by atoms with Crippen LogP contribution in [0.25, 0.3) is 0 Å². The van der Waals surface area contributed by atoms with Gasteiger partial charge in [-0.1, -0.05) is 13.0 Å². The molecule has 2 rings (SSSR count). The van der Waals surface area contributed by atoms with Crippen LogP contribution < -0.4 is 4.74 Å². The van der Waals surface area contributed by atoms with E-state index in [4.69, 9.17) is 9.47 Å². The third kappa shape index (κ3) is 3.28. The molecule has 1 fully saturated rings. The van der Waals surface area contributed by atoms with E-state index in [0.717, 1.165) is 31.4 Å². The molecule has 0 radical (unpaired) electrons. The minimum absolute atomic E-state index is 0.0459. The second-order valence-electron chi connectivity index (χ2n) is 5.15. The van der Waals surface area contributed by atoms with Gasteiger partial charge in [0.05, 0.1) is 20.1 Å². The zero-order valence-corrected chi connectivity index (χ0v) is 11.9. The number of benzene rings is 1. The van der Waals surface area contributed by atoms with Gasteiger partial charge in [0.2, 0.25) is 0 Å². The van der Waals surface area contributed by atoms with E-state index in [2.05, 4.69) is 19.1 Å². The molecular formula is C16H22O3. The minimum atomic E-state index is -0.0459. The summed E-state index contributed by atoms with van der Waals surface area (Å²) in [6, 6.07) is 6.27. The Morgan fingerprint density at radius 2 is 2.11 bits per heavy atom. The molecule has 2 unspecified atom stereocenters. The van der Waals surface area contributed by atoms with Crippen LogP contribution in [-0.4, -0.2) is 20.2 Å². The first-order valence-corrected chi connectivity index (χ1v) is 6.93. The average molecular weight is 262 g/mol. The molecule has 1 aliphatic rings. The summed E-state index contributed by atoms with van der Waals surface area (Å²) in [5, 5.41) is 0. The number of carbonyl (C=O) groups excluding carboxylic acids is 1. The summed E-state index contributed by atoms with van der Waals surface area (Å²) in [6.07, 6.45) is 4.10. The van der Waals surface area contributed by atoms with Crippen molar-refractivity contribution in [3.05, 3.63) is 29.3 Å². The molecule has 0 N–H and O–H groups in total. The van der Waals surface area contributed by atoms with E-state index in [-0.39, 0.29) is 11.9 Å². The Morgan fingerprint density at radius 3 is 2.74 bits per heavy atom. The van der Waals surface area contributed by atoms with Crippen molar-refractivity contribution in [2.75, 3.05) is 14.2 Å². The lowest BCUT2D eigenvalue weighted by atomic mass is 9.99. The van der Waals surface area contributed by atoms with Crippen molar-refractivity contribution >= 4 is 5.97 Å². The van der Waals surface area contributed by atoms with Gasteiger partial charge in [0.25, 0.3) is 0 Å². The molecule has 0 spiro atoms. The normalized spacial score (nSPS) is 21.0. The van der Waals surface area contributed by atoms with E-state index in [1.165, 1.54) is 18.2 Å². The van der Waals surface area contributed by atoms with Gasteiger partial charge in [-0.3, -0.25) is 4.79 Å². The number of carbonyl (C=O) groups is 1. The molecule has 3 nitrogen and oxygen atoms in total. The zero-order valence-electron chi connectivity index (χ0n) is 11.9. The maximum absolute atomic E-state index is 11.4. The van der Waals surface area contributed by atoms with Gasteiger partial charge in [-0.25, -0.2) is 0 Å². The molecule has 1 aromatic carbocycles. The molecule has 0 saturated heterocycles. The fourth-order valence-electron chi connectivity index (χ4n) is 2.65. The van der Waals surface area contributed by atoms with Crippen molar-refractivity contribution in [2.45, 2.75) is 32.6 Å². The largest absolute Gasteiger partial charge is 0.497 e. The van der Waals surface area contributed by atoms with Gasteiger partial charge in [0.1, 0.15) is 5.75 Å². The first-order chi connectivity index (χ1) is 9.19. The molecule has 104 valence electrons. The van der Waals surface area contributed by atoms with Gasteiger partial charge in [-0.05, 0) is 54.9 Å². The lowest BCUT2D eigenvalue weighted by Gasteiger charge is -2.10. The molecular weight excluding hydrogens is 240 g/mol. The van der Waals surface area contributed by atoms with Crippen molar-refractivity contribution in [1.29, 1.82) is 0 Å². The van der Waals surface area contributed by atoms with Crippen LogP contribution in [0, 0.1) is 11.8 Å². The van der Waals surface area contributed by atoms with Crippen molar-refractivity contribution < 1.29 is 14.3 Å². The first-order valence-electron chi connectivity index (χ1n) is 6.93. The van der Waals surface area contributed by atoms with Gasteiger partial charge in [-0.15, -0.1) is 0 Å². The summed E-state index contributed by atoms with van der Waals surface area (Å²) >= 11 is 0. The summed E-state index contributed by atoms with van der Waals surface area (Å²) in [4.78, 5) is 11.4. The van der Waals surface area contributed by atoms with Crippen molar-refractivity contribution in [3.8, 4) is 5.75 Å². The van der Waals surface area contributed by atoms with E-state index in [9.17, 15) is 4.79 Å². The van der Waals surface area contributed by atoms with Crippen molar-refractivity contribution in [1.82, 2.24) is 0 Å². The Kier molecular flexibility index (Phi) is 4.46. The molecule has 3 heteroatoms. The number of aryl methyl sites for hydroxylation is 2. The number of esters is 1. The monoisotopic (exact) mass is 262 g/mol. The van der Waals surface area contributed by atoms with Crippen LogP contribution in [0.4, 0.5) is 0 Å². The van der Waals surface area contributed by atoms with Crippen LogP contribution >= 0.6 is 0 Å². The van der Waals surface area contributed by atoms with E-state index in [1.807, 2.05) is 6.07 Å². The Labute approximate surface area is 114 Å². The highest BCUT2D eigenvalue weighted by molar-refractivity contribution is 5.75. The van der Waals surface area contributed by atoms with Crippen LogP contribution in [0.5, 0.6) is 5.75 Å². The van der Waals surface area contributed by atoms with Gasteiger partial charge >= 0.3 is 5.97 Å². The number of ether oxygens (including phenoxy) is 2. The highest BCUT2D eigenvalue weighted by Crippen LogP contribution is 2.42. The third-order valence-corrected chi connectivity index (χ3v) is 4.01. The summed E-state index contributed by atoms with van der Waals surface area (Å²) in [6.45, 7) is 2.16. The molecule has 1 saturated carbocycles. The molecule has 0 aromatic heterocycles. The highest BCUT2D eigenvalue weighted by Gasteiger charge is 2.43.